The number of hydrogen-bond acceptors (Lipinski definition) is 4. The van der Waals surface area contributed by atoms with Crippen LogP contribution in [0.5, 0.6) is 11.5 Å². The Bertz CT molecular complexity index is 618. The van der Waals surface area contributed by atoms with Gasteiger partial charge in [-0.05, 0) is 49.1 Å². The zero-order valence-corrected chi connectivity index (χ0v) is 18.0. The molecule has 0 aliphatic carbocycles. The Morgan fingerprint density at radius 3 is 2.48 bits per heavy atom. The van der Waals surface area contributed by atoms with Crippen molar-refractivity contribution < 1.29 is 9.47 Å². The summed E-state index contributed by atoms with van der Waals surface area (Å²) in [5.74, 6) is 2.44. The number of methoxy groups -OCH3 is 1. The highest BCUT2D eigenvalue weighted by molar-refractivity contribution is 14.0. The Morgan fingerprint density at radius 1 is 1.16 bits per heavy atom. The summed E-state index contributed by atoms with van der Waals surface area (Å²) < 4.78 is 11.0. The number of hydrogen-bond donors (Lipinski definition) is 2. The van der Waals surface area contributed by atoms with E-state index in [1.807, 2.05) is 31.2 Å². The molecule has 25 heavy (non-hydrogen) atoms. The lowest BCUT2D eigenvalue weighted by atomic mass is 10.3. The smallest absolute Gasteiger partial charge is 0.191 e. The SMILES string of the molecule is CN=C(NCCc1cccs1)NCC(C)Oc1ccc(OC)cc1.I. The molecule has 1 aromatic heterocycles. The van der Waals surface area contributed by atoms with Crippen molar-refractivity contribution in [3.63, 3.8) is 0 Å². The van der Waals surface area contributed by atoms with Gasteiger partial charge in [0.1, 0.15) is 17.6 Å². The van der Waals surface area contributed by atoms with Crippen LogP contribution in [0.15, 0.2) is 46.8 Å². The number of ether oxygens (including phenoxy) is 2. The molecule has 2 rings (SSSR count). The van der Waals surface area contributed by atoms with Crippen LogP contribution in [0.25, 0.3) is 0 Å². The molecule has 0 radical (unpaired) electrons. The molecule has 0 aliphatic rings. The van der Waals surface area contributed by atoms with Crippen molar-refractivity contribution in [2.45, 2.75) is 19.4 Å². The van der Waals surface area contributed by atoms with E-state index in [1.165, 1.54) is 4.88 Å². The number of halogens is 1. The summed E-state index contributed by atoms with van der Waals surface area (Å²) in [6.45, 7) is 3.55. The second-order valence-corrected chi connectivity index (χ2v) is 6.35. The van der Waals surface area contributed by atoms with Gasteiger partial charge in [0, 0.05) is 18.5 Å². The lowest BCUT2D eigenvalue weighted by Gasteiger charge is -2.18. The third-order valence-corrected chi connectivity index (χ3v) is 4.36. The predicted molar refractivity (Wildman–Crippen MR) is 116 cm³/mol. The van der Waals surface area contributed by atoms with Crippen LogP contribution >= 0.6 is 35.3 Å². The van der Waals surface area contributed by atoms with E-state index in [2.05, 4.69) is 33.1 Å². The molecular weight excluding hydrogens is 449 g/mol. The Morgan fingerprint density at radius 2 is 1.88 bits per heavy atom. The van der Waals surface area contributed by atoms with E-state index in [1.54, 1.807) is 25.5 Å². The molecule has 1 heterocycles. The van der Waals surface area contributed by atoms with Gasteiger partial charge in [0.15, 0.2) is 5.96 Å². The first-order valence-corrected chi connectivity index (χ1v) is 8.87. The molecule has 0 aliphatic heterocycles. The van der Waals surface area contributed by atoms with Crippen LogP contribution in [0.4, 0.5) is 0 Å². The molecule has 0 saturated carbocycles. The van der Waals surface area contributed by atoms with E-state index in [-0.39, 0.29) is 30.1 Å². The van der Waals surface area contributed by atoms with Gasteiger partial charge in [-0.1, -0.05) is 6.07 Å². The van der Waals surface area contributed by atoms with Gasteiger partial charge in [-0.3, -0.25) is 4.99 Å². The number of guanidine groups is 1. The second-order valence-electron chi connectivity index (χ2n) is 5.31. The lowest BCUT2D eigenvalue weighted by Crippen LogP contribution is -2.42. The first kappa shape index (κ1) is 21.6. The molecule has 0 fully saturated rings. The topological polar surface area (TPSA) is 54.9 Å². The fourth-order valence-corrected chi connectivity index (χ4v) is 2.86. The zero-order chi connectivity index (χ0) is 17.2. The number of thiophene rings is 1. The third-order valence-electron chi connectivity index (χ3n) is 3.42. The van der Waals surface area contributed by atoms with Gasteiger partial charge < -0.3 is 20.1 Å². The van der Waals surface area contributed by atoms with E-state index < -0.39 is 0 Å². The van der Waals surface area contributed by atoms with E-state index in [9.17, 15) is 0 Å². The van der Waals surface area contributed by atoms with Crippen LogP contribution in [0.2, 0.25) is 0 Å². The van der Waals surface area contributed by atoms with E-state index in [0.717, 1.165) is 30.4 Å². The number of nitrogens with one attached hydrogen (secondary N) is 2. The fraction of sp³-hybridized carbons (Fsp3) is 0.389. The van der Waals surface area contributed by atoms with E-state index in [0.29, 0.717) is 6.54 Å². The normalized spacial score (nSPS) is 12.0. The first-order chi connectivity index (χ1) is 11.7. The zero-order valence-electron chi connectivity index (χ0n) is 14.8. The van der Waals surface area contributed by atoms with Crippen molar-refractivity contribution in [2.75, 3.05) is 27.2 Å². The number of aliphatic imine (C=N–C) groups is 1. The van der Waals surface area contributed by atoms with Gasteiger partial charge in [-0.15, -0.1) is 35.3 Å². The maximum atomic E-state index is 5.87. The van der Waals surface area contributed by atoms with Crippen LogP contribution in [0.1, 0.15) is 11.8 Å². The predicted octanol–water partition coefficient (Wildman–Crippen LogP) is 3.55. The van der Waals surface area contributed by atoms with Crippen molar-refractivity contribution in [1.29, 1.82) is 0 Å². The lowest BCUT2D eigenvalue weighted by molar-refractivity contribution is 0.223. The van der Waals surface area contributed by atoms with E-state index >= 15 is 0 Å². The Labute approximate surface area is 170 Å². The van der Waals surface area contributed by atoms with Crippen LogP contribution in [0.3, 0.4) is 0 Å². The summed E-state index contributed by atoms with van der Waals surface area (Å²) >= 11 is 1.78. The molecule has 0 spiro atoms. The van der Waals surface area contributed by atoms with Gasteiger partial charge in [0.05, 0.1) is 13.7 Å². The second kappa shape index (κ2) is 12.0. The minimum Gasteiger partial charge on any atom is -0.497 e. The molecule has 1 atom stereocenters. The van der Waals surface area contributed by atoms with Crippen molar-refractivity contribution in [3.8, 4) is 11.5 Å². The van der Waals surface area contributed by atoms with E-state index in [4.69, 9.17) is 9.47 Å². The Balaban J connectivity index is 0.00000312. The van der Waals surface area contributed by atoms with Crippen LogP contribution in [-0.4, -0.2) is 39.3 Å². The monoisotopic (exact) mass is 475 g/mol. The quantitative estimate of drug-likeness (QED) is 0.349. The molecule has 5 nitrogen and oxygen atoms in total. The molecule has 2 aromatic rings. The van der Waals surface area contributed by atoms with Crippen molar-refractivity contribution >= 4 is 41.3 Å². The average Bonchev–Trinajstić information content (AvgIpc) is 3.12. The maximum absolute atomic E-state index is 5.87. The van der Waals surface area contributed by atoms with Gasteiger partial charge in [0.25, 0.3) is 0 Å². The molecule has 0 amide bonds. The van der Waals surface area contributed by atoms with Gasteiger partial charge in [0.2, 0.25) is 0 Å². The maximum Gasteiger partial charge on any atom is 0.191 e. The highest BCUT2D eigenvalue weighted by Gasteiger charge is 2.06. The molecule has 1 unspecified atom stereocenters. The number of rotatable bonds is 8. The Hall–Kier alpha value is -1.48. The summed E-state index contributed by atoms with van der Waals surface area (Å²) in [6, 6.07) is 11.8. The summed E-state index contributed by atoms with van der Waals surface area (Å²) in [7, 11) is 3.43. The number of benzene rings is 1. The summed E-state index contributed by atoms with van der Waals surface area (Å²) in [4.78, 5) is 5.60. The summed E-state index contributed by atoms with van der Waals surface area (Å²) in [6.07, 6.45) is 1.02. The van der Waals surface area contributed by atoms with Crippen LogP contribution in [0, 0.1) is 0 Å². The van der Waals surface area contributed by atoms with Gasteiger partial charge in [-0.2, -0.15) is 0 Å². The molecular formula is C18H26IN3O2S. The molecule has 1 aromatic carbocycles. The molecule has 0 bridgehead atoms. The summed E-state index contributed by atoms with van der Waals surface area (Å²) in [5.41, 5.74) is 0. The minimum absolute atomic E-state index is 0. The van der Waals surface area contributed by atoms with Crippen molar-refractivity contribution in [2.24, 2.45) is 4.99 Å². The van der Waals surface area contributed by atoms with Crippen molar-refractivity contribution in [3.05, 3.63) is 46.7 Å². The largest absolute Gasteiger partial charge is 0.497 e. The first-order valence-electron chi connectivity index (χ1n) is 7.99. The molecule has 0 saturated heterocycles. The molecule has 7 heteroatoms. The van der Waals surface area contributed by atoms with Gasteiger partial charge >= 0.3 is 0 Å². The Kier molecular flexibility index (Phi) is 10.3. The summed E-state index contributed by atoms with van der Waals surface area (Å²) in [5, 5.41) is 8.70. The highest BCUT2D eigenvalue weighted by atomic mass is 127. The third kappa shape index (κ3) is 7.96. The van der Waals surface area contributed by atoms with Gasteiger partial charge in [-0.25, -0.2) is 0 Å². The van der Waals surface area contributed by atoms with Crippen LogP contribution < -0.4 is 20.1 Å². The average molecular weight is 475 g/mol. The molecule has 138 valence electrons. The standard InChI is InChI=1S/C18H25N3O2S.HI/c1-14(23-16-8-6-15(22-3)7-9-16)13-21-18(19-2)20-11-10-17-5-4-12-24-17;/h4-9,12,14H,10-11,13H2,1-3H3,(H2,19,20,21);1H. The fourth-order valence-electron chi connectivity index (χ4n) is 2.15. The van der Waals surface area contributed by atoms with Crippen molar-refractivity contribution in [1.82, 2.24) is 10.6 Å². The molecule has 2 N–H and O–H groups in total. The van der Waals surface area contributed by atoms with Crippen LogP contribution in [-0.2, 0) is 6.42 Å². The minimum atomic E-state index is 0. The number of nitrogens with zero attached hydrogens (tertiary/aromatic N) is 1. The highest BCUT2D eigenvalue weighted by Crippen LogP contribution is 2.17.